The number of carbonyl (C=O) groups is 3. The number of aromatic nitrogens is 2. The van der Waals surface area contributed by atoms with Gasteiger partial charge < -0.3 is 25.0 Å². The monoisotopic (exact) mass is 483 g/mol. The number of nitrogens with zero attached hydrogens (tertiary/aromatic N) is 2. The van der Waals surface area contributed by atoms with Crippen LogP contribution < -0.4 is 25.8 Å². The van der Waals surface area contributed by atoms with Crippen molar-refractivity contribution in [2.24, 2.45) is 5.92 Å². The van der Waals surface area contributed by atoms with Crippen LogP contribution in [0, 0.1) is 12.8 Å². The van der Waals surface area contributed by atoms with Crippen LogP contribution in [0.5, 0.6) is 5.75 Å². The fourth-order valence-corrected chi connectivity index (χ4v) is 4.49. The molecule has 2 amide bonds. The molecule has 0 radical (unpaired) electrons. The van der Waals surface area contributed by atoms with E-state index in [2.05, 4.69) is 20.6 Å². The molecule has 0 aliphatic carbocycles. The Labute approximate surface area is 202 Å². The van der Waals surface area contributed by atoms with Gasteiger partial charge in [0.1, 0.15) is 11.6 Å². The van der Waals surface area contributed by atoms with Crippen molar-refractivity contribution in [3.63, 3.8) is 0 Å². The number of aromatic amines is 1. The van der Waals surface area contributed by atoms with Gasteiger partial charge in [0, 0.05) is 19.5 Å². The topological polar surface area (TPSA) is 143 Å². The van der Waals surface area contributed by atoms with E-state index in [1.54, 1.807) is 24.0 Å². The molecular formula is C24H29N5O6. The molecule has 3 heterocycles. The number of rotatable bonds is 6. The van der Waals surface area contributed by atoms with Crippen LogP contribution in [-0.2, 0) is 19.1 Å². The summed E-state index contributed by atoms with van der Waals surface area (Å²) in [5.41, 5.74) is 0.940. The van der Waals surface area contributed by atoms with Gasteiger partial charge in [-0.15, -0.1) is 0 Å². The highest BCUT2D eigenvalue weighted by Gasteiger charge is 2.36. The number of benzene rings is 1. The van der Waals surface area contributed by atoms with E-state index in [1.807, 2.05) is 13.0 Å². The zero-order valence-electron chi connectivity index (χ0n) is 20.0. The number of piperidine rings is 1. The Balaban J connectivity index is 1.61. The zero-order valence-corrected chi connectivity index (χ0v) is 20.0. The second-order valence-corrected chi connectivity index (χ2v) is 8.69. The van der Waals surface area contributed by atoms with Crippen molar-refractivity contribution >= 4 is 35.2 Å². The van der Waals surface area contributed by atoms with Crippen molar-refractivity contribution in [1.29, 1.82) is 0 Å². The highest BCUT2D eigenvalue weighted by Crippen LogP contribution is 2.33. The van der Waals surface area contributed by atoms with Gasteiger partial charge in [-0.2, -0.15) is 4.98 Å². The van der Waals surface area contributed by atoms with Gasteiger partial charge in [-0.25, -0.2) is 0 Å². The molecule has 11 nitrogen and oxygen atoms in total. The first-order valence-electron chi connectivity index (χ1n) is 11.6. The molecule has 35 heavy (non-hydrogen) atoms. The van der Waals surface area contributed by atoms with Crippen LogP contribution in [0.25, 0.3) is 0 Å². The van der Waals surface area contributed by atoms with Crippen LogP contribution in [0.15, 0.2) is 23.0 Å². The molecule has 3 N–H and O–H groups in total. The Bertz CT molecular complexity index is 1210. The zero-order chi connectivity index (χ0) is 25.1. The van der Waals surface area contributed by atoms with Crippen LogP contribution in [-0.4, -0.2) is 54.6 Å². The number of hydrogen-bond acceptors (Lipinski definition) is 8. The molecule has 186 valence electrons. The average molecular weight is 484 g/mol. The Morgan fingerprint density at radius 2 is 2.09 bits per heavy atom. The first-order valence-corrected chi connectivity index (χ1v) is 11.6. The van der Waals surface area contributed by atoms with Crippen molar-refractivity contribution in [2.45, 2.75) is 39.0 Å². The van der Waals surface area contributed by atoms with Gasteiger partial charge in [0.2, 0.25) is 17.8 Å². The Morgan fingerprint density at radius 1 is 1.29 bits per heavy atom. The molecule has 1 aromatic heterocycles. The number of anilines is 3. The lowest BCUT2D eigenvalue weighted by atomic mass is 9.92. The summed E-state index contributed by atoms with van der Waals surface area (Å²) in [6, 6.07) is 5.33. The van der Waals surface area contributed by atoms with E-state index in [0.29, 0.717) is 37.6 Å². The first kappa shape index (κ1) is 24.2. The lowest BCUT2D eigenvalue weighted by molar-refractivity contribution is -0.148. The third-order valence-electron chi connectivity index (χ3n) is 6.21. The number of aryl methyl sites for hydroxylation is 1. The molecule has 1 aromatic carbocycles. The molecule has 1 fully saturated rings. The standard InChI is InChI=1S/C24H29N5O6/c1-4-35-23(33)14-6-5-9-29(12-14)24-27-20-19(22(32)28-24)15(11-18(30)26-20)21(31)25-16-10-13(2)7-8-17(16)34-3/h7-8,10,14-15H,4-6,9,11-12H2,1-3H3,(H,25,31)(H2,26,27,28,30,32). The van der Waals surface area contributed by atoms with Gasteiger partial charge in [0.05, 0.1) is 36.8 Å². The third kappa shape index (κ3) is 5.13. The van der Waals surface area contributed by atoms with Crippen molar-refractivity contribution in [2.75, 3.05) is 42.3 Å². The summed E-state index contributed by atoms with van der Waals surface area (Å²) in [5, 5.41) is 5.40. The molecule has 11 heteroatoms. The van der Waals surface area contributed by atoms with Crippen LogP contribution >= 0.6 is 0 Å². The second kappa shape index (κ2) is 10.2. The molecule has 0 saturated carbocycles. The number of nitrogens with one attached hydrogen (secondary N) is 3. The highest BCUT2D eigenvalue weighted by molar-refractivity contribution is 6.05. The maximum Gasteiger partial charge on any atom is 0.310 e. The maximum atomic E-state index is 13.2. The molecule has 0 spiro atoms. The van der Waals surface area contributed by atoms with Gasteiger partial charge in [0.15, 0.2) is 0 Å². The van der Waals surface area contributed by atoms with E-state index in [1.165, 1.54) is 7.11 Å². The van der Waals surface area contributed by atoms with Crippen LogP contribution in [0.2, 0.25) is 0 Å². The Kier molecular flexibility index (Phi) is 7.04. The van der Waals surface area contributed by atoms with Gasteiger partial charge in [-0.3, -0.25) is 24.2 Å². The van der Waals surface area contributed by atoms with Crippen molar-refractivity contribution in [3.8, 4) is 5.75 Å². The summed E-state index contributed by atoms with van der Waals surface area (Å²) in [4.78, 5) is 59.9. The lowest BCUT2D eigenvalue weighted by Gasteiger charge is -2.32. The van der Waals surface area contributed by atoms with Crippen LogP contribution in [0.3, 0.4) is 0 Å². The number of methoxy groups -OCH3 is 1. The second-order valence-electron chi connectivity index (χ2n) is 8.69. The summed E-state index contributed by atoms with van der Waals surface area (Å²) < 4.78 is 10.5. The van der Waals surface area contributed by atoms with Crippen LogP contribution in [0.1, 0.15) is 43.2 Å². The first-order chi connectivity index (χ1) is 16.8. The number of H-pyrrole nitrogens is 1. The van der Waals surface area contributed by atoms with E-state index < -0.39 is 23.3 Å². The number of esters is 1. The maximum absolute atomic E-state index is 13.2. The van der Waals surface area contributed by atoms with Crippen LogP contribution in [0.4, 0.5) is 17.5 Å². The van der Waals surface area contributed by atoms with Crippen molar-refractivity contribution < 1.29 is 23.9 Å². The summed E-state index contributed by atoms with van der Waals surface area (Å²) >= 11 is 0. The summed E-state index contributed by atoms with van der Waals surface area (Å²) in [6.07, 6.45) is 1.22. The number of amides is 2. The van der Waals surface area contributed by atoms with Gasteiger partial charge in [0.25, 0.3) is 5.56 Å². The molecule has 2 aliphatic heterocycles. The smallest absolute Gasteiger partial charge is 0.310 e. The highest BCUT2D eigenvalue weighted by atomic mass is 16.5. The summed E-state index contributed by atoms with van der Waals surface area (Å²) in [5.74, 6) is -1.81. The number of ether oxygens (including phenoxy) is 2. The Hall–Kier alpha value is -3.89. The summed E-state index contributed by atoms with van der Waals surface area (Å²) in [7, 11) is 1.49. The minimum Gasteiger partial charge on any atom is -0.495 e. The third-order valence-corrected chi connectivity index (χ3v) is 6.21. The predicted molar refractivity (Wildman–Crippen MR) is 129 cm³/mol. The molecule has 2 aliphatic rings. The van der Waals surface area contributed by atoms with E-state index in [-0.39, 0.29) is 35.6 Å². The van der Waals surface area contributed by atoms with E-state index in [0.717, 1.165) is 12.0 Å². The molecule has 2 atom stereocenters. The SMILES string of the molecule is CCOC(=O)C1CCCN(c2nc3c(c(=O)[nH]2)C(C(=O)Nc2cc(C)ccc2OC)CC(=O)N3)C1. The van der Waals surface area contributed by atoms with E-state index in [9.17, 15) is 19.2 Å². The lowest BCUT2D eigenvalue weighted by Crippen LogP contribution is -2.42. The molecule has 0 bridgehead atoms. The van der Waals surface area contributed by atoms with Crippen molar-refractivity contribution in [1.82, 2.24) is 9.97 Å². The molecule has 2 unspecified atom stereocenters. The number of fused-ring (bicyclic) bond motifs is 1. The van der Waals surface area contributed by atoms with E-state index >= 15 is 0 Å². The van der Waals surface area contributed by atoms with Crippen molar-refractivity contribution in [3.05, 3.63) is 39.7 Å². The number of hydrogen-bond donors (Lipinski definition) is 3. The fraction of sp³-hybridized carbons (Fsp3) is 0.458. The molecular weight excluding hydrogens is 454 g/mol. The Morgan fingerprint density at radius 3 is 2.83 bits per heavy atom. The number of carbonyl (C=O) groups excluding carboxylic acids is 3. The van der Waals surface area contributed by atoms with Gasteiger partial charge >= 0.3 is 5.97 Å². The largest absolute Gasteiger partial charge is 0.495 e. The molecule has 2 aromatic rings. The molecule has 4 rings (SSSR count). The molecule has 1 saturated heterocycles. The normalized spacial score (nSPS) is 19.4. The average Bonchev–Trinajstić information content (AvgIpc) is 2.83. The minimum absolute atomic E-state index is 0.0506. The predicted octanol–water partition coefficient (Wildman–Crippen LogP) is 1.93. The van der Waals surface area contributed by atoms with Gasteiger partial charge in [-0.1, -0.05) is 6.07 Å². The summed E-state index contributed by atoms with van der Waals surface area (Å²) in [6.45, 7) is 4.86. The van der Waals surface area contributed by atoms with E-state index in [4.69, 9.17) is 9.47 Å². The minimum atomic E-state index is -1.03. The quantitative estimate of drug-likeness (QED) is 0.529. The fourth-order valence-electron chi connectivity index (χ4n) is 4.49. The van der Waals surface area contributed by atoms with Gasteiger partial charge in [-0.05, 0) is 44.4 Å².